The first-order valence-corrected chi connectivity index (χ1v) is 16.2. The van der Waals surface area contributed by atoms with Gasteiger partial charge in [-0.15, -0.1) is 0 Å². The van der Waals surface area contributed by atoms with E-state index in [1.165, 1.54) is 88.4 Å². The smallest absolute Gasteiger partial charge is 0.410 e. The van der Waals surface area contributed by atoms with E-state index in [4.69, 9.17) is 28.4 Å². The van der Waals surface area contributed by atoms with Gasteiger partial charge < -0.3 is 33.3 Å². The van der Waals surface area contributed by atoms with Crippen molar-refractivity contribution in [1.82, 2.24) is 4.90 Å². The average Bonchev–Trinajstić information content (AvgIpc) is 2.91. The van der Waals surface area contributed by atoms with Crippen LogP contribution in [0.15, 0.2) is 0 Å². The third kappa shape index (κ3) is 31.6. The number of hydrogen-bond donors (Lipinski definition) is 0. The maximum atomic E-state index is 11.8. The van der Waals surface area contributed by atoms with E-state index in [1.807, 2.05) is 20.8 Å². The molecule has 8 heteroatoms. The van der Waals surface area contributed by atoms with E-state index < -0.39 is 5.60 Å². The SMILES string of the molecule is CCCCCCCCCCCCCCCCOCCOCCOCCOCCOCCN(C)C(=O)OC(C)(C)C. The van der Waals surface area contributed by atoms with Gasteiger partial charge in [0.1, 0.15) is 5.60 Å². The highest BCUT2D eigenvalue weighted by atomic mass is 16.6. The lowest BCUT2D eigenvalue weighted by atomic mass is 10.0. The topological polar surface area (TPSA) is 75.7 Å². The maximum absolute atomic E-state index is 11.8. The number of hydrogen-bond acceptors (Lipinski definition) is 7. The van der Waals surface area contributed by atoms with Gasteiger partial charge in [0.25, 0.3) is 0 Å². The fourth-order valence-electron chi connectivity index (χ4n) is 4.01. The number of carbonyl (C=O) groups excluding carboxylic acids is 1. The van der Waals surface area contributed by atoms with Gasteiger partial charge in [-0.2, -0.15) is 0 Å². The Bertz CT molecular complexity index is 528. The molecule has 0 aromatic rings. The van der Waals surface area contributed by atoms with Crippen LogP contribution in [-0.4, -0.2) is 96.3 Å². The molecule has 0 aliphatic carbocycles. The summed E-state index contributed by atoms with van der Waals surface area (Å²) in [5.41, 5.74) is -0.492. The van der Waals surface area contributed by atoms with E-state index >= 15 is 0 Å². The number of nitrogens with zero attached hydrogens (tertiary/aromatic N) is 1. The summed E-state index contributed by atoms with van der Waals surface area (Å²) in [6.45, 7) is 14.0. The molecule has 0 bridgehead atoms. The summed E-state index contributed by atoms with van der Waals surface area (Å²) in [4.78, 5) is 13.4. The van der Waals surface area contributed by atoms with E-state index in [0.29, 0.717) is 66.0 Å². The molecule has 0 atom stereocenters. The maximum Gasteiger partial charge on any atom is 0.410 e. The van der Waals surface area contributed by atoms with Crippen molar-refractivity contribution in [3.05, 3.63) is 0 Å². The van der Waals surface area contributed by atoms with Crippen molar-refractivity contribution in [2.75, 3.05) is 79.7 Å². The second-order valence-electron chi connectivity index (χ2n) is 11.6. The van der Waals surface area contributed by atoms with Gasteiger partial charge in [0, 0.05) is 20.2 Å². The van der Waals surface area contributed by atoms with E-state index in [9.17, 15) is 4.79 Å². The predicted molar refractivity (Wildman–Crippen MR) is 163 cm³/mol. The predicted octanol–water partition coefficient (Wildman–Crippen LogP) is 7.42. The van der Waals surface area contributed by atoms with Crippen molar-refractivity contribution >= 4 is 6.09 Å². The molecule has 40 heavy (non-hydrogen) atoms. The molecule has 0 aliphatic rings. The summed E-state index contributed by atoms with van der Waals surface area (Å²) < 4.78 is 33.0. The van der Waals surface area contributed by atoms with Crippen molar-refractivity contribution in [2.24, 2.45) is 0 Å². The summed E-state index contributed by atoms with van der Waals surface area (Å²) in [7, 11) is 1.70. The molecular weight excluding hydrogens is 510 g/mol. The Hall–Kier alpha value is -0.930. The first kappa shape index (κ1) is 39.1. The van der Waals surface area contributed by atoms with Crippen LogP contribution in [0.25, 0.3) is 0 Å². The standard InChI is InChI=1S/C32H65NO7/c1-6-7-8-9-10-11-12-13-14-15-16-17-18-19-21-35-23-25-37-27-29-39-30-28-38-26-24-36-22-20-33(5)31(34)40-32(2,3)4/h6-30H2,1-5H3. The Kier molecular flexibility index (Phi) is 28.9. The molecule has 0 heterocycles. The van der Waals surface area contributed by atoms with Gasteiger partial charge >= 0.3 is 6.09 Å². The lowest BCUT2D eigenvalue weighted by Gasteiger charge is -2.24. The molecule has 0 saturated carbocycles. The third-order valence-electron chi connectivity index (χ3n) is 6.41. The largest absolute Gasteiger partial charge is 0.444 e. The zero-order valence-electron chi connectivity index (χ0n) is 27.0. The molecule has 1 amide bonds. The quantitative estimate of drug-likeness (QED) is 0.0825. The number of unbranched alkanes of at least 4 members (excludes halogenated alkanes) is 13. The van der Waals surface area contributed by atoms with Gasteiger partial charge in [0.05, 0.1) is 59.5 Å². The van der Waals surface area contributed by atoms with Crippen LogP contribution in [0.4, 0.5) is 4.79 Å². The highest BCUT2D eigenvalue weighted by Gasteiger charge is 2.19. The minimum absolute atomic E-state index is 0.346. The summed E-state index contributed by atoms with van der Waals surface area (Å²) >= 11 is 0. The second kappa shape index (κ2) is 29.6. The Morgan fingerprint density at radius 3 is 1.20 bits per heavy atom. The van der Waals surface area contributed by atoms with E-state index in [-0.39, 0.29) is 6.09 Å². The molecule has 0 saturated heterocycles. The normalized spacial score (nSPS) is 11.7. The fraction of sp³-hybridized carbons (Fsp3) is 0.969. The van der Waals surface area contributed by atoms with Gasteiger partial charge in [-0.05, 0) is 27.2 Å². The van der Waals surface area contributed by atoms with Gasteiger partial charge in [-0.3, -0.25) is 0 Å². The summed E-state index contributed by atoms with van der Waals surface area (Å²) in [5, 5.41) is 0. The van der Waals surface area contributed by atoms with E-state index in [0.717, 1.165) is 13.0 Å². The highest BCUT2D eigenvalue weighted by molar-refractivity contribution is 5.67. The van der Waals surface area contributed by atoms with Crippen LogP contribution in [-0.2, 0) is 28.4 Å². The summed E-state index contributed by atoms with van der Waals surface area (Å²) in [6.07, 6.45) is 18.9. The molecule has 0 unspecified atom stereocenters. The van der Waals surface area contributed by atoms with Crippen molar-refractivity contribution < 1.29 is 33.2 Å². The molecular formula is C32H65NO7. The Labute approximate surface area is 247 Å². The lowest BCUT2D eigenvalue weighted by Crippen LogP contribution is -2.36. The van der Waals surface area contributed by atoms with Crippen LogP contribution in [0.5, 0.6) is 0 Å². The van der Waals surface area contributed by atoms with Gasteiger partial charge in [-0.1, -0.05) is 90.4 Å². The van der Waals surface area contributed by atoms with Crippen molar-refractivity contribution in [3.63, 3.8) is 0 Å². The minimum Gasteiger partial charge on any atom is -0.444 e. The van der Waals surface area contributed by atoms with Crippen molar-refractivity contribution in [1.29, 1.82) is 0 Å². The third-order valence-corrected chi connectivity index (χ3v) is 6.41. The Balaban J connectivity index is 3.15. The molecule has 0 fully saturated rings. The number of rotatable bonds is 30. The lowest BCUT2D eigenvalue weighted by molar-refractivity contribution is -0.0132. The molecule has 0 aromatic heterocycles. The average molecular weight is 576 g/mol. The Morgan fingerprint density at radius 1 is 0.500 bits per heavy atom. The van der Waals surface area contributed by atoms with Crippen LogP contribution in [0.2, 0.25) is 0 Å². The van der Waals surface area contributed by atoms with Gasteiger partial charge in [0.2, 0.25) is 0 Å². The summed E-state index contributed by atoms with van der Waals surface area (Å²) in [6, 6.07) is 0. The first-order chi connectivity index (χ1) is 19.4. The molecule has 0 radical (unpaired) electrons. The Morgan fingerprint density at radius 2 is 0.825 bits per heavy atom. The number of likely N-dealkylation sites (N-methyl/N-ethyl adjacent to an activating group) is 1. The fourth-order valence-corrected chi connectivity index (χ4v) is 4.01. The zero-order valence-corrected chi connectivity index (χ0v) is 27.0. The number of ether oxygens (including phenoxy) is 6. The van der Waals surface area contributed by atoms with Crippen LogP contribution in [0.1, 0.15) is 118 Å². The van der Waals surface area contributed by atoms with Crippen LogP contribution < -0.4 is 0 Å². The number of carbonyl (C=O) groups is 1. The van der Waals surface area contributed by atoms with Gasteiger partial charge in [0.15, 0.2) is 0 Å². The zero-order chi connectivity index (χ0) is 29.6. The molecule has 0 rings (SSSR count). The van der Waals surface area contributed by atoms with Crippen molar-refractivity contribution in [2.45, 2.75) is 123 Å². The molecule has 8 nitrogen and oxygen atoms in total. The van der Waals surface area contributed by atoms with Crippen LogP contribution in [0, 0.1) is 0 Å². The summed E-state index contributed by atoms with van der Waals surface area (Å²) in [5.74, 6) is 0. The first-order valence-electron chi connectivity index (χ1n) is 16.2. The minimum atomic E-state index is -0.492. The molecule has 240 valence electrons. The molecule has 0 N–H and O–H groups in total. The second-order valence-corrected chi connectivity index (χ2v) is 11.6. The number of amides is 1. The van der Waals surface area contributed by atoms with Crippen LogP contribution in [0.3, 0.4) is 0 Å². The van der Waals surface area contributed by atoms with Crippen molar-refractivity contribution in [3.8, 4) is 0 Å². The highest BCUT2D eigenvalue weighted by Crippen LogP contribution is 2.13. The molecule has 0 aromatic carbocycles. The molecule has 0 spiro atoms. The van der Waals surface area contributed by atoms with Gasteiger partial charge in [-0.25, -0.2) is 4.79 Å². The molecule has 0 aliphatic heterocycles. The van der Waals surface area contributed by atoms with E-state index in [1.54, 1.807) is 7.05 Å². The van der Waals surface area contributed by atoms with E-state index in [2.05, 4.69) is 6.92 Å². The van der Waals surface area contributed by atoms with Crippen LogP contribution >= 0.6 is 0 Å². The monoisotopic (exact) mass is 575 g/mol.